The van der Waals surface area contributed by atoms with E-state index >= 15 is 0 Å². The lowest BCUT2D eigenvalue weighted by atomic mass is 9.95. The van der Waals surface area contributed by atoms with Gasteiger partial charge in [-0.25, -0.2) is 0 Å². The van der Waals surface area contributed by atoms with Crippen molar-refractivity contribution < 1.29 is 0 Å². The minimum absolute atomic E-state index is 0.693. The first-order valence-corrected chi connectivity index (χ1v) is 8.37. The number of hydrogen-bond acceptors (Lipinski definition) is 3. The predicted octanol–water partition coefficient (Wildman–Crippen LogP) is 2.04. The van der Waals surface area contributed by atoms with Crippen molar-refractivity contribution in [2.75, 3.05) is 45.8 Å². The molecule has 0 saturated carbocycles. The van der Waals surface area contributed by atoms with Crippen LogP contribution in [0.2, 0.25) is 0 Å². The van der Waals surface area contributed by atoms with Gasteiger partial charge in [-0.05, 0) is 63.8 Å². The van der Waals surface area contributed by atoms with Crippen molar-refractivity contribution >= 4 is 0 Å². The van der Waals surface area contributed by atoms with Crippen LogP contribution in [0.4, 0.5) is 0 Å². The van der Waals surface area contributed by atoms with Gasteiger partial charge in [-0.1, -0.05) is 20.8 Å². The van der Waals surface area contributed by atoms with Gasteiger partial charge in [0.25, 0.3) is 0 Å². The van der Waals surface area contributed by atoms with Gasteiger partial charge in [-0.15, -0.1) is 0 Å². The minimum atomic E-state index is 0.693. The molecule has 0 bridgehead atoms. The van der Waals surface area contributed by atoms with E-state index in [9.17, 15) is 0 Å². The van der Waals surface area contributed by atoms with E-state index in [1.807, 2.05) is 0 Å². The molecular formula is C16H33N3. The Balaban J connectivity index is 1.78. The molecule has 1 N–H and O–H groups in total. The summed E-state index contributed by atoms with van der Waals surface area (Å²) in [5, 5.41) is 3.71. The molecular weight excluding hydrogens is 234 g/mol. The average Bonchev–Trinajstić information content (AvgIpc) is 2.65. The van der Waals surface area contributed by atoms with Crippen molar-refractivity contribution in [2.45, 2.75) is 46.1 Å². The van der Waals surface area contributed by atoms with Crippen molar-refractivity contribution in [3.05, 3.63) is 0 Å². The Morgan fingerprint density at radius 2 is 1.84 bits per heavy atom. The number of rotatable bonds is 4. The van der Waals surface area contributed by atoms with Crippen molar-refractivity contribution in [1.82, 2.24) is 15.1 Å². The Labute approximate surface area is 119 Å². The minimum Gasteiger partial charge on any atom is -0.312 e. The van der Waals surface area contributed by atoms with Gasteiger partial charge in [0.1, 0.15) is 0 Å². The van der Waals surface area contributed by atoms with Crippen LogP contribution in [0.3, 0.4) is 0 Å². The maximum Gasteiger partial charge on any atom is 0.0217 e. The molecule has 1 atom stereocenters. The number of nitrogens with one attached hydrogen (secondary N) is 1. The fraction of sp³-hybridized carbons (Fsp3) is 1.00. The summed E-state index contributed by atoms with van der Waals surface area (Å²) in [4.78, 5) is 5.33. The van der Waals surface area contributed by atoms with Crippen LogP contribution in [-0.4, -0.2) is 61.7 Å². The second-order valence-electron chi connectivity index (χ2n) is 6.80. The normalized spacial score (nSPS) is 28.7. The zero-order valence-electron chi connectivity index (χ0n) is 13.2. The fourth-order valence-electron chi connectivity index (χ4n) is 3.49. The first-order chi connectivity index (χ1) is 9.19. The van der Waals surface area contributed by atoms with Gasteiger partial charge in [-0.3, -0.25) is 0 Å². The third-order valence-corrected chi connectivity index (χ3v) is 4.99. The van der Waals surface area contributed by atoms with Gasteiger partial charge in [0.15, 0.2) is 0 Å². The summed E-state index contributed by atoms with van der Waals surface area (Å²) in [5.74, 6) is 1.69. The SMILES string of the molecule is CCN1CCC(CN2CCCNC(C(C)C)C2)CC1. The lowest BCUT2D eigenvalue weighted by Crippen LogP contribution is -2.44. The van der Waals surface area contributed by atoms with Gasteiger partial charge in [0.2, 0.25) is 0 Å². The molecule has 112 valence electrons. The van der Waals surface area contributed by atoms with E-state index in [0.717, 1.165) is 11.8 Å². The highest BCUT2D eigenvalue weighted by Crippen LogP contribution is 2.19. The molecule has 19 heavy (non-hydrogen) atoms. The average molecular weight is 267 g/mol. The number of piperidine rings is 1. The van der Waals surface area contributed by atoms with Crippen molar-refractivity contribution in [1.29, 1.82) is 0 Å². The Hall–Kier alpha value is -0.120. The topological polar surface area (TPSA) is 18.5 Å². The Morgan fingerprint density at radius 1 is 1.11 bits per heavy atom. The highest BCUT2D eigenvalue weighted by Gasteiger charge is 2.24. The van der Waals surface area contributed by atoms with Crippen LogP contribution in [0.25, 0.3) is 0 Å². The van der Waals surface area contributed by atoms with Crippen LogP contribution in [0.15, 0.2) is 0 Å². The Kier molecular flexibility index (Phi) is 6.11. The molecule has 1 unspecified atom stereocenters. The molecule has 0 aliphatic carbocycles. The molecule has 2 aliphatic rings. The monoisotopic (exact) mass is 267 g/mol. The zero-order chi connectivity index (χ0) is 13.7. The summed E-state index contributed by atoms with van der Waals surface area (Å²) in [6, 6.07) is 0.693. The molecule has 0 aromatic carbocycles. The van der Waals surface area contributed by atoms with Gasteiger partial charge >= 0.3 is 0 Å². The molecule has 2 fully saturated rings. The van der Waals surface area contributed by atoms with E-state index in [-0.39, 0.29) is 0 Å². The molecule has 0 aromatic rings. The number of nitrogens with zero attached hydrogens (tertiary/aromatic N) is 2. The van der Waals surface area contributed by atoms with Crippen molar-refractivity contribution in [3.8, 4) is 0 Å². The third-order valence-electron chi connectivity index (χ3n) is 4.99. The van der Waals surface area contributed by atoms with E-state index in [0.29, 0.717) is 6.04 Å². The van der Waals surface area contributed by atoms with E-state index < -0.39 is 0 Å². The summed E-state index contributed by atoms with van der Waals surface area (Å²) in [5.41, 5.74) is 0. The summed E-state index contributed by atoms with van der Waals surface area (Å²) in [6.45, 7) is 15.9. The summed E-state index contributed by atoms with van der Waals surface area (Å²) in [7, 11) is 0. The molecule has 2 rings (SSSR count). The lowest BCUT2D eigenvalue weighted by Gasteiger charge is -2.35. The molecule has 3 heteroatoms. The van der Waals surface area contributed by atoms with Crippen LogP contribution >= 0.6 is 0 Å². The first-order valence-electron chi connectivity index (χ1n) is 8.37. The molecule has 2 aliphatic heterocycles. The summed E-state index contributed by atoms with van der Waals surface area (Å²) in [6.07, 6.45) is 4.13. The molecule has 0 spiro atoms. The summed E-state index contributed by atoms with van der Waals surface area (Å²) < 4.78 is 0. The van der Waals surface area contributed by atoms with Crippen LogP contribution in [0.1, 0.15) is 40.0 Å². The van der Waals surface area contributed by atoms with E-state index in [2.05, 4.69) is 35.9 Å². The molecule has 2 saturated heterocycles. The molecule has 2 heterocycles. The molecule has 0 radical (unpaired) electrons. The highest BCUT2D eigenvalue weighted by atomic mass is 15.2. The van der Waals surface area contributed by atoms with Gasteiger partial charge in [0.05, 0.1) is 0 Å². The zero-order valence-corrected chi connectivity index (χ0v) is 13.2. The van der Waals surface area contributed by atoms with Gasteiger partial charge < -0.3 is 15.1 Å². The third kappa shape index (κ3) is 4.73. The quantitative estimate of drug-likeness (QED) is 0.841. The smallest absolute Gasteiger partial charge is 0.0217 e. The van der Waals surface area contributed by atoms with E-state index in [4.69, 9.17) is 0 Å². The maximum atomic E-state index is 3.71. The molecule has 0 amide bonds. The van der Waals surface area contributed by atoms with Gasteiger partial charge in [-0.2, -0.15) is 0 Å². The largest absolute Gasteiger partial charge is 0.312 e. The fourth-order valence-corrected chi connectivity index (χ4v) is 3.49. The second kappa shape index (κ2) is 7.61. The standard InChI is InChI=1S/C16H33N3/c1-4-18-10-6-15(7-11-18)12-19-9-5-8-17-16(13-19)14(2)3/h14-17H,4-13H2,1-3H3. The Morgan fingerprint density at radius 3 is 2.47 bits per heavy atom. The molecule has 0 aromatic heterocycles. The predicted molar refractivity (Wildman–Crippen MR) is 82.5 cm³/mol. The number of hydrogen-bond donors (Lipinski definition) is 1. The summed E-state index contributed by atoms with van der Waals surface area (Å²) >= 11 is 0. The number of likely N-dealkylation sites (tertiary alicyclic amines) is 1. The van der Waals surface area contributed by atoms with Crippen molar-refractivity contribution in [3.63, 3.8) is 0 Å². The van der Waals surface area contributed by atoms with Crippen LogP contribution < -0.4 is 5.32 Å². The van der Waals surface area contributed by atoms with Crippen LogP contribution in [-0.2, 0) is 0 Å². The van der Waals surface area contributed by atoms with Crippen LogP contribution in [0, 0.1) is 11.8 Å². The lowest BCUT2D eigenvalue weighted by molar-refractivity contribution is 0.142. The highest BCUT2D eigenvalue weighted by molar-refractivity contribution is 4.81. The van der Waals surface area contributed by atoms with Crippen LogP contribution in [0.5, 0.6) is 0 Å². The van der Waals surface area contributed by atoms with E-state index in [1.165, 1.54) is 65.1 Å². The van der Waals surface area contributed by atoms with Gasteiger partial charge in [0, 0.05) is 19.1 Å². The second-order valence-corrected chi connectivity index (χ2v) is 6.80. The maximum absolute atomic E-state index is 3.71. The first kappa shape index (κ1) is 15.3. The Bertz CT molecular complexity index is 246. The molecule has 3 nitrogen and oxygen atoms in total. The van der Waals surface area contributed by atoms with Crippen molar-refractivity contribution in [2.24, 2.45) is 11.8 Å². The van der Waals surface area contributed by atoms with E-state index in [1.54, 1.807) is 0 Å².